The van der Waals surface area contributed by atoms with Crippen LogP contribution in [-0.4, -0.2) is 41.0 Å². The fraction of sp³-hybridized carbons (Fsp3) is 0.417. The Morgan fingerprint density at radius 3 is 2.39 bits per heavy atom. The Morgan fingerprint density at radius 1 is 1.08 bits per heavy atom. The van der Waals surface area contributed by atoms with Crippen LogP contribution in [0.25, 0.3) is 10.1 Å². The largest absolute Gasteiger partial charge is 0.416 e. The third-order valence-electron chi connectivity index (χ3n) is 7.15. The van der Waals surface area contributed by atoms with Crippen LogP contribution in [0.5, 0.6) is 0 Å². The average molecular weight is 523 g/mol. The maximum Gasteiger partial charge on any atom is 0.416 e. The molecule has 3 heterocycles. The van der Waals surface area contributed by atoms with Crippen molar-refractivity contribution in [1.29, 1.82) is 0 Å². The number of alkyl halides is 3. The molecule has 1 spiro atoms. The van der Waals surface area contributed by atoms with Crippen molar-refractivity contribution < 1.29 is 22.5 Å². The molecule has 1 aromatic heterocycles. The number of piperidine rings is 1. The summed E-state index contributed by atoms with van der Waals surface area (Å²) in [6.07, 6.45) is -2.14. The van der Waals surface area contributed by atoms with Crippen molar-refractivity contribution in [2.45, 2.75) is 32.0 Å². The number of hydrogen-bond acceptors (Lipinski definition) is 7. The van der Waals surface area contributed by atoms with Crippen LogP contribution in [0.4, 0.5) is 28.4 Å². The molecule has 0 saturated carbocycles. The molecule has 7 nitrogen and oxygen atoms in total. The predicted molar refractivity (Wildman–Crippen MR) is 128 cm³/mol. The van der Waals surface area contributed by atoms with E-state index in [2.05, 4.69) is 9.88 Å². The van der Waals surface area contributed by atoms with E-state index in [0.29, 0.717) is 25.2 Å². The monoisotopic (exact) mass is 522 g/mol. The maximum atomic E-state index is 13.2. The lowest BCUT2D eigenvalue weighted by Gasteiger charge is -2.39. The van der Waals surface area contributed by atoms with E-state index < -0.39 is 33.3 Å². The van der Waals surface area contributed by atoms with E-state index in [9.17, 15) is 32.5 Å². The number of benzene rings is 2. The number of anilines is 1. The topological polar surface area (TPSA) is 79.6 Å². The maximum absolute atomic E-state index is 13.2. The number of aromatic nitrogens is 1. The molecule has 36 heavy (non-hydrogen) atoms. The Labute approximate surface area is 207 Å². The highest BCUT2D eigenvalue weighted by molar-refractivity contribution is 7.22. The lowest BCUT2D eigenvalue weighted by Crippen LogP contribution is -2.42. The first kappa shape index (κ1) is 24.6. The van der Waals surface area contributed by atoms with Crippen LogP contribution in [0.3, 0.4) is 0 Å². The molecule has 190 valence electrons. The van der Waals surface area contributed by atoms with Gasteiger partial charge in [-0.3, -0.25) is 19.8 Å². The van der Waals surface area contributed by atoms with Gasteiger partial charge >= 0.3 is 6.18 Å². The summed E-state index contributed by atoms with van der Waals surface area (Å²) in [4.78, 5) is 31.5. The molecular weight excluding hydrogens is 500 g/mol. The van der Waals surface area contributed by atoms with Gasteiger partial charge in [0.1, 0.15) is 10.5 Å². The SMILES string of the molecule is O=c1nc(N2CCC3(CCN(Cc4ccc(F)cc4)C3)CC2)sc2c([N+](=O)[O-])cc(C(F)(F)F)cc12. The first-order chi connectivity index (χ1) is 17.0. The van der Waals surface area contributed by atoms with Gasteiger partial charge in [0.05, 0.1) is 15.9 Å². The van der Waals surface area contributed by atoms with E-state index in [1.807, 2.05) is 4.90 Å². The zero-order chi connectivity index (χ0) is 25.7. The van der Waals surface area contributed by atoms with Gasteiger partial charge < -0.3 is 4.90 Å². The number of rotatable bonds is 4. The lowest BCUT2D eigenvalue weighted by molar-refractivity contribution is -0.383. The van der Waals surface area contributed by atoms with Gasteiger partial charge in [0.25, 0.3) is 11.2 Å². The Balaban J connectivity index is 1.33. The minimum absolute atomic E-state index is 0.102. The van der Waals surface area contributed by atoms with E-state index in [4.69, 9.17) is 0 Å². The van der Waals surface area contributed by atoms with Crippen molar-refractivity contribution >= 4 is 32.2 Å². The molecule has 2 aliphatic heterocycles. The molecule has 0 N–H and O–H groups in total. The number of halogens is 4. The normalized spacial score (nSPS) is 18.3. The molecule has 2 aromatic carbocycles. The summed E-state index contributed by atoms with van der Waals surface area (Å²) in [5.74, 6) is -0.264. The summed E-state index contributed by atoms with van der Waals surface area (Å²) in [5, 5.41) is 11.4. The van der Waals surface area contributed by atoms with E-state index in [1.165, 1.54) is 12.1 Å². The summed E-state index contributed by atoms with van der Waals surface area (Å²) >= 11 is 0.881. The molecule has 0 radical (unpaired) electrons. The number of fused-ring (bicyclic) bond motifs is 1. The molecule has 2 aliphatic rings. The Bertz CT molecular complexity index is 1370. The van der Waals surface area contributed by atoms with Crippen molar-refractivity contribution in [3.63, 3.8) is 0 Å². The zero-order valence-corrected chi connectivity index (χ0v) is 19.9. The van der Waals surface area contributed by atoms with Gasteiger partial charge in [-0.05, 0) is 55.0 Å². The van der Waals surface area contributed by atoms with Gasteiger partial charge in [-0.1, -0.05) is 23.5 Å². The van der Waals surface area contributed by atoms with Crippen LogP contribution in [0.15, 0.2) is 41.2 Å². The number of non-ortho nitro benzene ring substituents is 1. The molecule has 12 heteroatoms. The van der Waals surface area contributed by atoms with Crippen LogP contribution >= 0.6 is 11.3 Å². The highest BCUT2D eigenvalue weighted by Crippen LogP contribution is 2.43. The van der Waals surface area contributed by atoms with E-state index in [-0.39, 0.29) is 21.1 Å². The summed E-state index contributed by atoms with van der Waals surface area (Å²) in [7, 11) is 0. The van der Waals surface area contributed by atoms with Gasteiger partial charge in [-0.25, -0.2) is 4.39 Å². The Kier molecular flexibility index (Phi) is 6.19. The molecule has 3 aromatic rings. The molecule has 2 saturated heterocycles. The quantitative estimate of drug-likeness (QED) is 0.266. The molecule has 0 unspecified atom stereocenters. The zero-order valence-electron chi connectivity index (χ0n) is 19.1. The second-order valence-electron chi connectivity index (χ2n) is 9.50. The van der Waals surface area contributed by atoms with Crippen molar-refractivity contribution in [3.8, 4) is 0 Å². The number of nitro groups is 1. The fourth-order valence-electron chi connectivity index (χ4n) is 5.17. The average Bonchev–Trinajstić information content (AvgIpc) is 3.21. The summed E-state index contributed by atoms with van der Waals surface area (Å²) in [6.45, 7) is 3.74. The van der Waals surface area contributed by atoms with Gasteiger partial charge in [-0.15, -0.1) is 0 Å². The number of nitrogens with zero attached hydrogens (tertiary/aromatic N) is 4. The van der Waals surface area contributed by atoms with Crippen molar-refractivity contribution in [3.05, 3.63) is 73.8 Å². The molecular formula is C24H22F4N4O3S. The summed E-state index contributed by atoms with van der Waals surface area (Å²) < 4.78 is 52.7. The standard InChI is InChI=1S/C24H22F4N4O3S/c25-17-3-1-15(2-4-17)13-30-8-5-23(14-30)6-9-31(10-7-23)22-29-21(33)18-11-16(24(26,27)28)12-19(32(34)35)20(18)36-22/h1-4,11-12H,5-10,13-14H2. The van der Waals surface area contributed by atoms with E-state index in [0.717, 1.165) is 55.8 Å². The minimum atomic E-state index is -4.82. The van der Waals surface area contributed by atoms with Gasteiger partial charge in [0, 0.05) is 32.2 Å². The second kappa shape index (κ2) is 9.07. The third kappa shape index (κ3) is 4.79. The summed E-state index contributed by atoms with van der Waals surface area (Å²) in [5.41, 5.74) is -1.74. The second-order valence-corrected chi connectivity index (χ2v) is 10.5. The van der Waals surface area contributed by atoms with Crippen LogP contribution in [0, 0.1) is 21.3 Å². The predicted octanol–water partition coefficient (Wildman–Crippen LogP) is 5.22. The molecule has 2 fully saturated rings. The van der Waals surface area contributed by atoms with Crippen molar-refractivity contribution in [1.82, 2.24) is 9.88 Å². The molecule has 0 bridgehead atoms. The van der Waals surface area contributed by atoms with Gasteiger partial charge in [0.2, 0.25) is 0 Å². The Hall–Kier alpha value is -3.12. The smallest absolute Gasteiger partial charge is 0.348 e. The number of nitro benzene ring substituents is 1. The molecule has 0 atom stereocenters. The highest BCUT2D eigenvalue weighted by atomic mass is 32.1. The van der Waals surface area contributed by atoms with Crippen LogP contribution in [-0.2, 0) is 12.7 Å². The Morgan fingerprint density at radius 2 is 1.75 bits per heavy atom. The highest BCUT2D eigenvalue weighted by Gasteiger charge is 2.41. The van der Waals surface area contributed by atoms with Crippen LogP contribution in [0.1, 0.15) is 30.4 Å². The lowest BCUT2D eigenvalue weighted by atomic mass is 9.78. The van der Waals surface area contributed by atoms with Gasteiger partial charge in [0.15, 0.2) is 5.13 Å². The first-order valence-electron chi connectivity index (χ1n) is 11.5. The van der Waals surface area contributed by atoms with E-state index in [1.54, 1.807) is 12.1 Å². The van der Waals surface area contributed by atoms with Crippen LogP contribution in [0.2, 0.25) is 0 Å². The summed E-state index contributed by atoms with van der Waals surface area (Å²) in [6, 6.07) is 7.59. The molecule has 5 rings (SSSR count). The van der Waals surface area contributed by atoms with Gasteiger partial charge in [-0.2, -0.15) is 18.2 Å². The fourth-order valence-corrected chi connectivity index (χ4v) is 6.28. The minimum Gasteiger partial charge on any atom is -0.348 e. The number of likely N-dealkylation sites (tertiary alicyclic amines) is 1. The molecule has 0 amide bonds. The molecule has 0 aliphatic carbocycles. The first-order valence-corrected chi connectivity index (χ1v) is 12.3. The van der Waals surface area contributed by atoms with Crippen LogP contribution < -0.4 is 10.5 Å². The van der Waals surface area contributed by atoms with Crippen molar-refractivity contribution in [2.24, 2.45) is 5.41 Å². The number of hydrogen-bond donors (Lipinski definition) is 0. The van der Waals surface area contributed by atoms with E-state index >= 15 is 0 Å². The third-order valence-corrected chi connectivity index (χ3v) is 8.31. The van der Waals surface area contributed by atoms with Crippen molar-refractivity contribution in [2.75, 3.05) is 31.1 Å².